The molecule has 0 spiro atoms. The number of aryl methyl sites for hydroxylation is 2. The Kier molecular flexibility index (Phi) is 3.82. The second-order valence-corrected chi connectivity index (χ2v) is 6.26. The molecule has 24 heavy (non-hydrogen) atoms. The second kappa shape index (κ2) is 6.13. The summed E-state index contributed by atoms with van der Waals surface area (Å²) < 4.78 is 8.25. The van der Waals surface area contributed by atoms with E-state index < -0.39 is 0 Å². The summed E-state index contributed by atoms with van der Waals surface area (Å²) in [6, 6.07) is 12.7. The van der Waals surface area contributed by atoms with Gasteiger partial charge >= 0.3 is 0 Å². The Morgan fingerprint density at radius 2 is 1.71 bits per heavy atom. The van der Waals surface area contributed by atoms with Crippen molar-refractivity contribution in [3.05, 3.63) is 77.4 Å². The highest BCUT2D eigenvalue weighted by atomic mass is 16.5. The van der Waals surface area contributed by atoms with Crippen LogP contribution in [0.15, 0.2) is 55.1 Å². The Labute approximate surface area is 142 Å². The van der Waals surface area contributed by atoms with Gasteiger partial charge in [0.1, 0.15) is 11.5 Å². The first-order valence-corrected chi connectivity index (χ1v) is 8.30. The Balaban J connectivity index is 1.69. The predicted molar refractivity (Wildman–Crippen MR) is 94.5 cm³/mol. The molecule has 0 saturated carbocycles. The van der Waals surface area contributed by atoms with Crippen LogP contribution in [0.1, 0.15) is 28.3 Å². The molecule has 4 rings (SSSR count). The van der Waals surface area contributed by atoms with Crippen LogP contribution in [-0.4, -0.2) is 16.1 Å². The van der Waals surface area contributed by atoms with Crippen molar-refractivity contribution < 1.29 is 4.74 Å². The zero-order chi connectivity index (χ0) is 16.5. The van der Waals surface area contributed by atoms with E-state index in [0.717, 1.165) is 24.6 Å². The summed E-state index contributed by atoms with van der Waals surface area (Å²) in [5, 5.41) is 3.73. The highest BCUT2D eigenvalue weighted by Crippen LogP contribution is 2.45. The molecule has 1 aromatic heterocycles. The number of nitrogens with zero attached hydrogens (tertiary/aromatic N) is 2. The number of fused-ring (bicyclic) bond motifs is 2. The molecule has 0 saturated heterocycles. The van der Waals surface area contributed by atoms with E-state index in [1.165, 1.54) is 22.3 Å². The van der Waals surface area contributed by atoms with Crippen LogP contribution in [0.2, 0.25) is 0 Å². The zero-order valence-electron chi connectivity index (χ0n) is 14.0. The van der Waals surface area contributed by atoms with E-state index >= 15 is 0 Å². The number of hydrogen-bond donors (Lipinski definition) is 1. The predicted octanol–water partition coefficient (Wildman–Crippen LogP) is 3.98. The molecule has 2 aromatic carbocycles. The molecule has 4 heteroatoms. The van der Waals surface area contributed by atoms with Crippen LogP contribution in [0.5, 0.6) is 11.5 Å². The third kappa shape index (κ3) is 2.59. The van der Waals surface area contributed by atoms with Crippen LogP contribution in [-0.2, 0) is 6.54 Å². The minimum atomic E-state index is 0.148. The van der Waals surface area contributed by atoms with Crippen molar-refractivity contribution in [3.63, 3.8) is 0 Å². The summed E-state index contributed by atoms with van der Waals surface area (Å²) in [5.41, 5.74) is 4.98. The molecule has 4 nitrogen and oxygen atoms in total. The van der Waals surface area contributed by atoms with Crippen molar-refractivity contribution in [1.82, 2.24) is 14.9 Å². The lowest BCUT2D eigenvalue weighted by Crippen LogP contribution is -2.29. The summed E-state index contributed by atoms with van der Waals surface area (Å²) in [4.78, 5) is 4.10. The van der Waals surface area contributed by atoms with Gasteiger partial charge in [0.25, 0.3) is 0 Å². The summed E-state index contributed by atoms with van der Waals surface area (Å²) in [6.07, 6.45) is 5.65. The third-order valence-electron chi connectivity index (χ3n) is 4.64. The molecular weight excluding hydrogens is 298 g/mol. The quantitative estimate of drug-likeness (QED) is 0.790. The molecule has 0 bridgehead atoms. The lowest BCUT2D eigenvalue weighted by atomic mass is 9.89. The Hall–Kier alpha value is -2.59. The Bertz CT molecular complexity index is 804. The van der Waals surface area contributed by atoms with Crippen molar-refractivity contribution in [1.29, 1.82) is 0 Å². The van der Waals surface area contributed by atoms with Gasteiger partial charge in [-0.05, 0) is 37.1 Å². The number of rotatable bonds is 4. The number of nitrogens with one attached hydrogen (secondary N) is 1. The van der Waals surface area contributed by atoms with Crippen molar-refractivity contribution in [2.24, 2.45) is 0 Å². The molecule has 0 atom stereocenters. The number of hydrogen-bond acceptors (Lipinski definition) is 3. The molecule has 2 heterocycles. The number of imidazole rings is 1. The van der Waals surface area contributed by atoms with Crippen LogP contribution < -0.4 is 10.1 Å². The van der Waals surface area contributed by atoms with Crippen LogP contribution in [0.4, 0.5) is 0 Å². The van der Waals surface area contributed by atoms with Gasteiger partial charge in [-0.1, -0.05) is 24.3 Å². The van der Waals surface area contributed by atoms with Gasteiger partial charge in [-0.15, -0.1) is 0 Å². The third-order valence-corrected chi connectivity index (χ3v) is 4.64. The topological polar surface area (TPSA) is 39.1 Å². The second-order valence-electron chi connectivity index (χ2n) is 6.26. The molecule has 3 aromatic rings. The van der Waals surface area contributed by atoms with Gasteiger partial charge < -0.3 is 14.6 Å². The molecule has 1 aliphatic rings. The highest BCUT2D eigenvalue weighted by molar-refractivity contribution is 5.57. The largest absolute Gasteiger partial charge is 0.457 e. The van der Waals surface area contributed by atoms with Crippen molar-refractivity contribution in [2.45, 2.75) is 26.4 Å². The lowest BCUT2D eigenvalue weighted by Gasteiger charge is -2.31. The summed E-state index contributed by atoms with van der Waals surface area (Å²) >= 11 is 0. The summed E-state index contributed by atoms with van der Waals surface area (Å²) in [6.45, 7) is 6.05. The lowest BCUT2D eigenvalue weighted by molar-refractivity contribution is 0.422. The minimum Gasteiger partial charge on any atom is -0.457 e. The number of ether oxygens (including phenoxy) is 1. The van der Waals surface area contributed by atoms with Gasteiger partial charge in [0, 0.05) is 36.6 Å². The fraction of sp³-hybridized carbons (Fsp3) is 0.250. The molecule has 0 radical (unpaired) electrons. The van der Waals surface area contributed by atoms with Crippen molar-refractivity contribution in [2.75, 3.05) is 6.54 Å². The average Bonchev–Trinajstić information content (AvgIpc) is 3.08. The molecule has 0 aliphatic carbocycles. The van der Waals surface area contributed by atoms with Crippen LogP contribution in [0.25, 0.3) is 0 Å². The van der Waals surface area contributed by atoms with Gasteiger partial charge in [-0.2, -0.15) is 0 Å². The first-order valence-electron chi connectivity index (χ1n) is 8.30. The zero-order valence-corrected chi connectivity index (χ0v) is 14.0. The molecular formula is C20H21N3O. The van der Waals surface area contributed by atoms with Gasteiger partial charge in [0.05, 0.1) is 12.4 Å². The molecule has 122 valence electrons. The maximum atomic E-state index is 6.17. The first-order chi connectivity index (χ1) is 11.7. The molecule has 0 amide bonds. The van der Waals surface area contributed by atoms with Crippen molar-refractivity contribution >= 4 is 0 Å². The van der Waals surface area contributed by atoms with E-state index in [-0.39, 0.29) is 6.04 Å². The Morgan fingerprint density at radius 1 is 1.04 bits per heavy atom. The van der Waals surface area contributed by atoms with E-state index in [1.807, 2.05) is 18.7 Å². The SMILES string of the molecule is Cc1cccc2c1C(NCCn1ccnc1)c1c(C)cccc1O2. The van der Waals surface area contributed by atoms with E-state index in [9.17, 15) is 0 Å². The molecule has 1 aliphatic heterocycles. The fourth-order valence-electron chi connectivity index (χ4n) is 3.45. The normalized spacial score (nSPS) is 13.2. The van der Waals surface area contributed by atoms with E-state index in [0.29, 0.717) is 0 Å². The summed E-state index contributed by atoms with van der Waals surface area (Å²) in [5.74, 6) is 1.90. The van der Waals surface area contributed by atoms with Crippen LogP contribution in [0.3, 0.4) is 0 Å². The number of benzene rings is 2. The highest BCUT2D eigenvalue weighted by Gasteiger charge is 2.29. The van der Waals surface area contributed by atoms with Crippen molar-refractivity contribution in [3.8, 4) is 11.5 Å². The number of aromatic nitrogens is 2. The smallest absolute Gasteiger partial charge is 0.132 e. The maximum Gasteiger partial charge on any atom is 0.132 e. The van der Waals surface area contributed by atoms with Gasteiger partial charge in [-0.25, -0.2) is 4.98 Å². The van der Waals surface area contributed by atoms with E-state index in [2.05, 4.69) is 65.1 Å². The van der Waals surface area contributed by atoms with Gasteiger partial charge in [0.15, 0.2) is 0 Å². The summed E-state index contributed by atoms with van der Waals surface area (Å²) in [7, 11) is 0. The molecule has 0 fully saturated rings. The van der Waals surface area contributed by atoms with E-state index in [1.54, 1.807) is 0 Å². The molecule has 1 N–H and O–H groups in total. The van der Waals surface area contributed by atoms with E-state index in [4.69, 9.17) is 4.74 Å². The monoisotopic (exact) mass is 319 g/mol. The first kappa shape index (κ1) is 15.0. The Morgan fingerprint density at radius 3 is 2.29 bits per heavy atom. The van der Waals surface area contributed by atoms with Gasteiger partial charge in [0.2, 0.25) is 0 Å². The van der Waals surface area contributed by atoms with Gasteiger partial charge in [-0.3, -0.25) is 0 Å². The minimum absolute atomic E-state index is 0.148. The standard InChI is InChI=1S/C20H21N3O/c1-14-5-3-7-16-18(14)20(22-10-12-23-11-9-21-13-23)19-15(2)6-4-8-17(19)24-16/h3-9,11,13,20,22H,10,12H2,1-2H3. The average molecular weight is 319 g/mol. The molecule has 0 unspecified atom stereocenters. The fourth-order valence-corrected chi connectivity index (χ4v) is 3.45. The maximum absolute atomic E-state index is 6.17. The van der Waals surface area contributed by atoms with Crippen LogP contribution in [0, 0.1) is 13.8 Å². The van der Waals surface area contributed by atoms with Crippen LogP contribution >= 0.6 is 0 Å².